The van der Waals surface area contributed by atoms with Crippen molar-refractivity contribution in [2.24, 2.45) is 13.0 Å². The molecule has 3 heterocycles. The molecule has 1 saturated heterocycles. The Hall–Kier alpha value is -2.64. The van der Waals surface area contributed by atoms with Gasteiger partial charge >= 0.3 is 0 Å². The third-order valence-corrected chi connectivity index (χ3v) is 9.43. The zero-order valence-electron chi connectivity index (χ0n) is 19.7. The second kappa shape index (κ2) is 7.43. The smallest absolute Gasteiger partial charge is 0.258 e. The van der Waals surface area contributed by atoms with Gasteiger partial charge in [0.25, 0.3) is 5.56 Å². The summed E-state index contributed by atoms with van der Waals surface area (Å²) >= 11 is 0. The second-order valence-corrected chi connectivity index (χ2v) is 11.7. The molecule has 0 spiro atoms. The predicted molar refractivity (Wildman–Crippen MR) is 129 cm³/mol. The first-order valence-corrected chi connectivity index (χ1v) is 12.9. The number of hydrogen-bond acceptors (Lipinski definition) is 4. The van der Waals surface area contributed by atoms with E-state index in [4.69, 9.17) is 4.74 Å². The molecule has 2 aliphatic heterocycles. The molecule has 0 aliphatic carbocycles. The maximum Gasteiger partial charge on any atom is 0.258 e. The summed E-state index contributed by atoms with van der Waals surface area (Å²) in [5.41, 5.74) is 1.69. The summed E-state index contributed by atoms with van der Waals surface area (Å²) in [7, 11) is -1.95. The van der Waals surface area contributed by atoms with Crippen molar-refractivity contribution >= 4 is 20.9 Å². The van der Waals surface area contributed by atoms with Gasteiger partial charge in [-0.2, -0.15) is 4.31 Å². The Morgan fingerprint density at radius 3 is 2.42 bits per heavy atom. The van der Waals surface area contributed by atoms with Gasteiger partial charge in [-0.15, -0.1) is 0 Å². The zero-order chi connectivity index (χ0) is 23.7. The molecule has 5 rings (SSSR count). The van der Waals surface area contributed by atoms with Gasteiger partial charge in [0, 0.05) is 36.9 Å². The fraction of sp³-hybridized carbons (Fsp3) is 0.423. The molecule has 0 N–H and O–H groups in total. The van der Waals surface area contributed by atoms with Crippen molar-refractivity contribution in [3.8, 4) is 5.75 Å². The Kier molecular flexibility index (Phi) is 4.99. The third kappa shape index (κ3) is 3.16. The minimum atomic E-state index is -3.72. The van der Waals surface area contributed by atoms with E-state index in [-0.39, 0.29) is 28.3 Å². The molecule has 0 bridgehead atoms. The first kappa shape index (κ1) is 22.2. The van der Waals surface area contributed by atoms with Crippen LogP contribution in [0.2, 0.25) is 0 Å². The van der Waals surface area contributed by atoms with Crippen LogP contribution in [0.15, 0.2) is 58.2 Å². The van der Waals surface area contributed by atoms with Crippen molar-refractivity contribution < 1.29 is 13.2 Å². The molecule has 0 saturated carbocycles. The molecule has 1 unspecified atom stereocenters. The summed E-state index contributed by atoms with van der Waals surface area (Å²) in [6.45, 7) is 8.27. The molecule has 7 heteroatoms. The summed E-state index contributed by atoms with van der Waals surface area (Å²) < 4.78 is 37.3. The molecule has 2 aliphatic rings. The quantitative estimate of drug-likeness (QED) is 0.580. The number of aryl methyl sites for hydroxylation is 2. The van der Waals surface area contributed by atoms with E-state index in [0.717, 1.165) is 16.5 Å². The van der Waals surface area contributed by atoms with E-state index in [1.807, 2.05) is 64.1 Å². The average molecular weight is 467 g/mol. The molecular formula is C26H30N2O4S. The van der Waals surface area contributed by atoms with Gasteiger partial charge in [-0.3, -0.25) is 4.79 Å². The Morgan fingerprint density at radius 1 is 1.09 bits per heavy atom. The molecule has 3 atom stereocenters. The summed E-state index contributed by atoms with van der Waals surface area (Å²) in [4.78, 5) is 13.9. The highest BCUT2D eigenvalue weighted by atomic mass is 32.2. The number of rotatable bonds is 3. The van der Waals surface area contributed by atoms with E-state index >= 15 is 0 Å². The van der Waals surface area contributed by atoms with Crippen LogP contribution in [-0.4, -0.2) is 35.5 Å². The molecule has 33 heavy (non-hydrogen) atoms. The van der Waals surface area contributed by atoms with E-state index in [2.05, 4.69) is 0 Å². The van der Waals surface area contributed by atoms with Crippen LogP contribution < -0.4 is 10.3 Å². The first-order valence-electron chi connectivity index (χ1n) is 11.5. The largest absolute Gasteiger partial charge is 0.486 e. The standard InChI is InChI=1S/C26H30N2O4S/c1-6-20-22-19(15-28(20)33(30,31)17-13-11-16(2)12-14-17)26(3,4)32-24-18-9-7-8-10-21(18)27(5)25(29)23(22)24/h7-14,19-20,22H,6,15H2,1-5H3/t19-,20?,22+/m0/s1. The van der Waals surface area contributed by atoms with Crippen molar-refractivity contribution in [3.05, 3.63) is 70.0 Å². The summed E-state index contributed by atoms with van der Waals surface area (Å²) in [6.07, 6.45) is 0.609. The van der Waals surface area contributed by atoms with Crippen LogP contribution in [-0.2, 0) is 17.1 Å². The highest BCUT2D eigenvalue weighted by Gasteiger charge is 2.57. The van der Waals surface area contributed by atoms with Gasteiger partial charge in [-0.1, -0.05) is 36.8 Å². The van der Waals surface area contributed by atoms with E-state index in [9.17, 15) is 13.2 Å². The Balaban J connectivity index is 1.73. The van der Waals surface area contributed by atoms with Crippen molar-refractivity contribution in [1.82, 2.24) is 8.87 Å². The van der Waals surface area contributed by atoms with Crippen LogP contribution in [0, 0.1) is 12.8 Å². The van der Waals surface area contributed by atoms with E-state index < -0.39 is 15.6 Å². The fourth-order valence-corrected chi connectivity index (χ4v) is 7.49. The third-order valence-electron chi connectivity index (χ3n) is 7.52. The van der Waals surface area contributed by atoms with Gasteiger partial charge in [0.1, 0.15) is 11.4 Å². The first-order chi connectivity index (χ1) is 15.6. The van der Waals surface area contributed by atoms with E-state index in [1.54, 1.807) is 28.1 Å². The van der Waals surface area contributed by atoms with Crippen molar-refractivity contribution in [2.45, 2.75) is 56.6 Å². The van der Waals surface area contributed by atoms with Gasteiger partial charge in [-0.25, -0.2) is 8.42 Å². The monoisotopic (exact) mass is 466 g/mol. The lowest BCUT2D eigenvalue weighted by Crippen LogP contribution is -2.47. The lowest BCUT2D eigenvalue weighted by atomic mass is 9.73. The maximum absolute atomic E-state index is 13.7. The highest BCUT2D eigenvalue weighted by Crippen LogP contribution is 2.53. The van der Waals surface area contributed by atoms with Crippen LogP contribution >= 0.6 is 0 Å². The van der Waals surface area contributed by atoms with E-state index in [0.29, 0.717) is 24.3 Å². The van der Waals surface area contributed by atoms with Crippen LogP contribution in [0.3, 0.4) is 0 Å². The molecular weight excluding hydrogens is 436 g/mol. The number of para-hydroxylation sites is 1. The Morgan fingerprint density at radius 2 is 1.76 bits per heavy atom. The molecule has 6 nitrogen and oxygen atoms in total. The number of nitrogens with zero attached hydrogens (tertiary/aromatic N) is 2. The number of aromatic nitrogens is 1. The lowest BCUT2D eigenvalue weighted by molar-refractivity contribution is 0.0245. The number of pyridine rings is 1. The molecule has 3 aromatic rings. The number of hydrogen-bond donors (Lipinski definition) is 0. The predicted octanol–water partition coefficient (Wildman–Crippen LogP) is 4.20. The van der Waals surface area contributed by atoms with Crippen LogP contribution in [0.4, 0.5) is 0 Å². The molecule has 0 radical (unpaired) electrons. The Bertz CT molecular complexity index is 1410. The SMILES string of the molecule is CCC1[C@@H]2c3c(c4ccccc4n(C)c3=O)OC(C)(C)[C@H]2CN1S(=O)(=O)c1ccc(C)cc1. The van der Waals surface area contributed by atoms with Gasteiger partial charge in [0.05, 0.1) is 16.0 Å². The topological polar surface area (TPSA) is 68.6 Å². The van der Waals surface area contributed by atoms with Gasteiger partial charge in [0.2, 0.25) is 10.0 Å². The lowest BCUT2D eigenvalue weighted by Gasteiger charge is -2.42. The van der Waals surface area contributed by atoms with Crippen molar-refractivity contribution in [3.63, 3.8) is 0 Å². The number of ether oxygens (including phenoxy) is 1. The fourth-order valence-electron chi connectivity index (χ4n) is 5.75. The maximum atomic E-state index is 13.7. The van der Waals surface area contributed by atoms with Crippen molar-refractivity contribution in [2.75, 3.05) is 6.54 Å². The van der Waals surface area contributed by atoms with Gasteiger partial charge in [-0.05, 0) is 51.5 Å². The van der Waals surface area contributed by atoms with Crippen molar-refractivity contribution in [1.29, 1.82) is 0 Å². The molecule has 174 valence electrons. The van der Waals surface area contributed by atoms with Crippen LogP contribution in [0.1, 0.15) is 44.2 Å². The van der Waals surface area contributed by atoms with Crippen LogP contribution in [0.5, 0.6) is 5.75 Å². The average Bonchev–Trinajstić information content (AvgIpc) is 3.19. The van der Waals surface area contributed by atoms with Crippen LogP contribution in [0.25, 0.3) is 10.9 Å². The molecule has 2 aromatic carbocycles. The van der Waals surface area contributed by atoms with Gasteiger partial charge < -0.3 is 9.30 Å². The minimum Gasteiger partial charge on any atom is -0.486 e. The Labute approximate surface area is 194 Å². The van der Waals surface area contributed by atoms with E-state index in [1.165, 1.54) is 0 Å². The minimum absolute atomic E-state index is 0.109. The number of fused-ring (bicyclic) bond motifs is 5. The zero-order valence-corrected chi connectivity index (χ0v) is 20.5. The number of benzene rings is 2. The molecule has 1 aromatic heterocycles. The van der Waals surface area contributed by atoms with Gasteiger partial charge in [0.15, 0.2) is 0 Å². The summed E-state index contributed by atoms with van der Waals surface area (Å²) in [5.74, 6) is 0.231. The molecule has 1 fully saturated rings. The number of sulfonamides is 1. The summed E-state index contributed by atoms with van der Waals surface area (Å²) in [6, 6.07) is 14.4. The molecule has 0 amide bonds. The highest BCUT2D eigenvalue weighted by molar-refractivity contribution is 7.89. The normalized spacial score (nSPS) is 24.3. The second-order valence-electron chi connectivity index (χ2n) is 9.83. The summed E-state index contributed by atoms with van der Waals surface area (Å²) in [5, 5.41) is 0.885.